The minimum Gasteiger partial charge on any atom is -0.475 e. The Morgan fingerprint density at radius 2 is 2.00 bits per heavy atom. The molecule has 1 aromatic rings. The predicted octanol–water partition coefficient (Wildman–Crippen LogP) is 1.88. The second-order valence-electron chi connectivity index (χ2n) is 2.78. The highest BCUT2D eigenvalue weighted by Gasteiger charge is 2.19. The van der Waals surface area contributed by atoms with E-state index in [1.54, 1.807) is 0 Å². The zero-order chi connectivity index (χ0) is 10.1. The third-order valence-electron chi connectivity index (χ3n) is 1.81. The van der Waals surface area contributed by atoms with Crippen LogP contribution in [0.3, 0.4) is 0 Å². The molecule has 5 heteroatoms. The Balaban J connectivity index is 2.51. The van der Waals surface area contributed by atoms with Crippen LogP contribution in [0.1, 0.15) is 5.56 Å². The largest absolute Gasteiger partial charge is 0.475 e. The van der Waals surface area contributed by atoms with Crippen molar-refractivity contribution in [3.8, 4) is 0 Å². The Morgan fingerprint density at radius 1 is 1.21 bits per heavy atom. The topological polar surface area (TPSA) is 21.6 Å². The van der Waals surface area contributed by atoms with E-state index in [9.17, 15) is 13.2 Å². The zero-order valence-electron chi connectivity index (χ0n) is 7.06. The first kappa shape index (κ1) is 9.05. The van der Waals surface area contributed by atoms with E-state index >= 15 is 0 Å². The van der Waals surface area contributed by atoms with Crippen LogP contribution in [0, 0.1) is 17.5 Å². The highest BCUT2D eigenvalue weighted by atomic mass is 19.2. The van der Waals surface area contributed by atoms with Crippen LogP contribution in [0.15, 0.2) is 17.1 Å². The van der Waals surface area contributed by atoms with E-state index in [-0.39, 0.29) is 11.5 Å². The lowest BCUT2D eigenvalue weighted by molar-refractivity contribution is 0.345. The van der Waals surface area contributed by atoms with Crippen molar-refractivity contribution in [3.05, 3.63) is 35.1 Å². The fraction of sp³-hybridized carbons (Fsp3) is 0.222. The molecule has 0 atom stereocenters. The van der Waals surface area contributed by atoms with Crippen molar-refractivity contribution < 1.29 is 17.9 Å². The number of halogens is 3. The molecular weight excluding hydrogens is 195 g/mol. The minimum atomic E-state index is -1.24. The SMILES string of the molecule is Fc1cc(F)c(F)c(C2=NCCO2)c1. The summed E-state index contributed by atoms with van der Waals surface area (Å²) in [6.45, 7) is 0.694. The molecule has 0 aliphatic carbocycles. The Morgan fingerprint density at radius 3 is 2.64 bits per heavy atom. The van der Waals surface area contributed by atoms with Gasteiger partial charge in [0.25, 0.3) is 0 Å². The van der Waals surface area contributed by atoms with Gasteiger partial charge in [-0.1, -0.05) is 0 Å². The number of hydrogen-bond donors (Lipinski definition) is 0. The lowest BCUT2D eigenvalue weighted by Crippen LogP contribution is -2.06. The molecule has 14 heavy (non-hydrogen) atoms. The quantitative estimate of drug-likeness (QED) is 0.635. The van der Waals surface area contributed by atoms with Gasteiger partial charge in [-0.3, -0.25) is 0 Å². The summed E-state index contributed by atoms with van der Waals surface area (Å²) < 4.78 is 43.5. The maximum atomic E-state index is 13.1. The van der Waals surface area contributed by atoms with Crippen LogP contribution >= 0.6 is 0 Å². The zero-order valence-corrected chi connectivity index (χ0v) is 7.06. The van der Waals surface area contributed by atoms with Gasteiger partial charge >= 0.3 is 0 Å². The van der Waals surface area contributed by atoms with Crippen LogP contribution < -0.4 is 0 Å². The van der Waals surface area contributed by atoms with Crippen molar-refractivity contribution in [2.24, 2.45) is 4.99 Å². The van der Waals surface area contributed by atoms with E-state index in [1.165, 1.54) is 0 Å². The first-order valence-electron chi connectivity index (χ1n) is 4.00. The van der Waals surface area contributed by atoms with Gasteiger partial charge < -0.3 is 4.74 Å². The van der Waals surface area contributed by atoms with Gasteiger partial charge in [0.2, 0.25) is 5.90 Å². The fourth-order valence-corrected chi connectivity index (χ4v) is 1.21. The Hall–Kier alpha value is -1.52. The Kier molecular flexibility index (Phi) is 2.15. The molecule has 0 radical (unpaired) electrons. The molecule has 74 valence electrons. The number of ether oxygens (including phenoxy) is 1. The molecule has 0 unspecified atom stereocenters. The molecule has 2 nitrogen and oxygen atoms in total. The molecule has 0 amide bonds. The smallest absolute Gasteiger partial charge is 0.219 e. The number of nitrogens with zero attached hydrogens (tertiary/aromatic N) is 1. The van der Waals surface area contributed by atoms with Crippen LogP contribution in [0.5, 0.6) is 0 Å². The standard InChI is InChI=1S/C9H6F3NO/c10-5-3-6(8(12)7(11)4-5)9-13-1-2-14-9/h3-4H,1-2H2. The molecule has 0 spiro atoms. The van der Waals surface area contributed by atoms with Gasteiger partial charge in [-0.2, -0.15) is 0 Å². The second kappa shape index (κ2) is 3.32. The molecule has 0 saturated heterocycles. The molecule has 1 heterocycles. The van der Waals surface area contributed by atoms with E-state index in [4.69, 9.17) is 4.74 Å². The van der Waals surface area contributed by atoms with Crippen LogP contribution in [0.4, 0.5) is 13.2 Å². The van der Waals surface area contributed by atoms with E-state index in [2.05, 4.69) is 4.99 Å². The first-order valence-corrected chi connectivity index (χ1v) is 4.00. The van der Waals surface area contributed by atoms with Gasteiger partial charge in [0, 0.05) is 6.07 Å². The van der Waals surface area contributed by atoms with Crippen LogP contribution in [-0.4, -0.2) is 19.0 Å². The molecule has 1 aliphatic heterocycles. The monoisotopic (exact) mass is 201 g/mol. The third-order valence-corrected chi connectivity index (χ3v) is 1.81. The molecule has 2 rings (SSSR count). The second-order valence-corrected chi connectivity index (χ2v) is 2.78. The van der Waals surface area contributed by atoms with Crippen molar-refractivity contribution in [2.75, 3.05) is 13.2 Å². The summed E-state index contributed by atoms with van der Waals surface area (Å²) in [5.41, 5.74) is -0.264. The van der Waals surface area contributed by atoms with Crippen molar-refractivity contribution in [1.29, 1.82) is 0 Å². The Labute approximate surface area is 78.0 Å². The molecular formula is C9H6F3NO. The highest BCUT2D eigenvalue weighted by Crippen LogP contribution is 2.17. The lowest BCUT2D eigenvalue weighted by atomic mass is 10.2. The van der Waals surface area contributed by atoms with Gasteiger partial charge in [0.05, 0.1) is 12.1 Å². The van der Waals surface area contributed by atoms with Crippen molar-refractivity contribution in [2.45, 2.75) is 0 Å². The summed E-state index contributed by atoms with van der Waals surface area (Å²) in [5, 5.41) is 0. The molecule has 0 fully saturated rings. The summed E-state index contributed by atoms with van der Waals surface area (Å²) in [6, 6.07) is 1.34. The fourth-order valence-electron chi connectivity index (χ4n) is 1.21. The van der Waals surface area contributed by atoms with E-state index in [0.29, 0.717) is 19.2 Å². The number of aliphatic imine (C=N–C) groups is 1. The molecule has 0 saturated carbocycles. The molecule has 0 aromatic heterocycles. The average Bonchev–Trinajstić information content (AvgIpc) is 2.63. The van der Waals surface area contributed by atoms with Crippen molar-refractivity contribution in [1.82, 2.24) is 0 Å². The Bertz CT molecular complexity index is 403. The maximum Gasteiger partial charge on any atom is 0.219 e. The van der Waals surface area contributed by atoms with E-state index < -0.39 is 17.5 Å². The van der Waals surface area contributed by atoms with Crippen molar-refractivity contribution >= 4 is 5.90 Å². The lowest BCUT2D eigenvalue weighted by Gasteiger charge is -2.03. The summed E-state index contributed by atoms with van der Waals surface area (Å²) in [7, 11) is 0. The van der Waals surface area contributed by atoms with Gasteiger partial charge in [0.1, 0.15) is 12.4 Å². The van der Waals surface area contributed by atoms with Gasteiger partial charge in [0.15, 0.2) is 11.6 Å². The van der Waals surface area contributed by atoms with Crippen LogP contribution in [0.25, 0.3) is 0 Å². The summed E-state index contributed by atoms with van der Waals surface area (Å²) in [4.78, 5) is 3.77. The summed E-state index contributed by atoms with van der Waals surface area (Å²) in [6.07, 6.45) is 0. The van der Waals surface area contributed by atoms with Crippen LogP contribution in [-0.2, 0) is 4.74 Å². The van der Waals surface area contributed by atoms with Gasteiger partial charge in [-0.25, -0.2) is 18.2 Å². The summed E-state index contributed by atoms with van der Waals surface area (Å²) >= 11 is 0. The predicted molar refractivity (Wildman–Crippen MR) is 43.7 cm³/mol. The van der Waals surface area contributed by atoms with Crippen LogP contribution in [0.2, 0.25) is 0 Å². The summed E-state index contributed by atoms with van der Waals surface area (Å²) in [5.74, 6) is -3.26. The van der Waals surface area contributed by atoms with E-state index in [0.717, 1.165) is 6.07 Å². The van der Waals surface area contributed by atoms with Gasteiger partial charge in [-0.15, -0.1) is 0 Å². The van der Waals surface area contributed by atoms with Crippen molar-refractivity contribution in [3.63, 3.8) is 0 Å². The molecule has 0 N–H and O–H groups in total. The average molecular weight is 201 g/mol. The third kappa shape index (κ3) is 1.45. The van der Waals surface area contributed by atoms with Gasteiger partial charge in [-0.05, 0) is 6.07 Å². The molecule has 1 aliphatic rings. The number of hydrogen-bond acceptors (Lipinski definition) is 2. The minimum absolute atomic E-state index is 0.0408. The number of rotatable bonds is 1. The van der Waals surface area contributed by atoms with E-state index in [1.807, 2.05) is 0 Å². The highest BCUT2D eigenvalue weighted by molar-refractivity contribution is 5.95. The first-order chi connectivity index (χ1) is 6.68. The maximum absolute atomic E-state index is 13.1. The molecule has 1 aromatic carbocycles. The number of benzene rings is 1. The normalized spacial score (nSPS) is 15.2. The molecule has 0 bridgehead atoms.